The van der Waals surface area contributed by atoms with E-state index in [1.165, 1.54) is 5.38 Å². The van der Waals surface area contributed by atoms with Crippen LogP contribution >= 0.6 is 23.1 Å². The molecule has 0 aromatic carbocycles. The van der Waals surface area contributed by atoms with Gasteiger partial charge in [0.15, 0.2) is 10.8 Å². The van der Waals surface area contributed by atoms with Gasteiger partial charge in [-0.2, -0.15) is 0 Å². The number of anilines is 1. The van der Waals surface area contributed by atoms with Gasteiger partial charge in [0.25, 0.3) is 17.7 Å². The van der Waals surface area contributed by atoms with Gasteiger partial charge in [0.2, 0.25) is 6.10 Å². The van der Waals surface area contributed by atoms with Crippen molar-refractivity contribution in [3.8, 4) is 0 Å². The fourth-order valence-electron chi connectivity index (χ4n) is 3.64. The van der Waals surface area contributed by atoms with Crippen LogP contribution in [0.5, 0.6) is 0 Å². The van der Waals surface area contributed by atoms with Crippen molar-refractivity contribution in [2.75, 3.05) is 18.1 Å². The number of fused-ring (bicyclic) bond motifs is 1. The number of nitrogen functional groups attached to an aromatic ring is 1. The van der Waals surface area contributed by atoms with E-state index in [9.17, 15) is 29.1 Å². The average molecular weight is 540 g/mol. The topological polar surface area (TPSA) is 243 Å². The van der Waals surface area contributed by atoms with E-state index in [0.29, 0.717) is 0 Å². The number of ether oxygens (including phenoxy) is 1. The first-order valence-corrected chi connectivity index (χ1v) is 12.4. The third kappa shape index (κ3) is 5.06. The second kappa shape index (κ2) is 10.0. The standard InChI is InChI=1S/C19H21N7O8S2/c20-13(27)12(6-1-2-6)34-25-9(8-5-36-18(21)23-8)14(28)24-10-15(29)26-11(17(30)31)7(3-33-19(22)32)4-35-16(10)26/h5-6,10,12,16H,1-4H2,(H2,20,27)(H2,21,23)(H2,22,32)(H,24,28)(H,30,31)/b25-9-/t10-,12?,16-/m1/s1. The van der Waals surface area contributed by atoms with Gasteiger partial charge in [0.1, 0.15) is 29.4 Å². The first kappa shape index (κ1) is 25.2. The molecule has 17 heteroatoms. The summed E-state index contributed by atoms with van der Waals surface area (Å²) >= 11 is 2.21. The van der Waals surface area contributed by atoms with Gasteiger partial charge in [-0.15, -0.1) is 23.1 Å². The zero-order chi connectivity index (χ0) is 26.1. The highest BCUT2D eigenvalue weighted by molar-refractivity contribution is 8.00. The zero-order valence-corrected chi connectivity index (χ0v) is 20.0. The molecule has 36 heavy (non-hydrogen) atoms. The lowest BCUT2D eigenvalue weighted by Gasteiger charge is -2.49. The Morgan fingerprint density at radius 1 is 1.31 bits per heavy atom. The largest absolute Gasteiger partial charge is 0.477 e. The summed E-state index contributed by atoms with van der Waals surface area (Å²) < 4.78 is 4.68. The molecule has 1 saturated heterocycles. The molecule has 3 heterocycles. The minimum atomic E-state index is -1.40. The number of carbonyl (C=O) groups is 5. The highest BCUT2D eigenvalue weighted by Gasteiger charge is 2.54. The molecule has 1 aromatic heterocycles. The molecule has 4 rings (SSSR count). The summed E-state index contributed by atoms with van der Waals surface area (Å²) in [5.41, 5.74) is 15.6. The van der Waals surface area contributed by atoms with E-state index in [1.807, 2.05) is 0 Å². The second-order valence-electron chi connectivity index (χ2n) is 8.00. The van der Waals surface area contributed by atoms with Crippen molar-refractivity contribution in [1.82, 2.24) is 15.2 Å². The maximum atomic E-state index is 13.1. The lowest BCUT2D eigenvalue weighted by Crippen LogP contribution is -2.71. The number of carboxylic acids is 1. The third-order valence-corrected chi connectivity index (χ3v) is 7.51. The fraction of sp³-hybridized carbons (Fsp3) is 0.421. The molecule has 2 aliphatic heterocycles. The summed E-state index contributed by atoms with van der Waals surface area (Å²) in [4.78, 5) is 70.7. The molecule has 15 nitrogen and oxygen atoms in total. The Balaban J connectivity index is 1.52. The maximum Gasteiger partial charge on any atom is 0.404 e. The molecular formula is C19H21N7O8S2. The number of primary amides is 2. The molecule has 0 spiro atoms. The minimum absolute atomic E-state index is 0.0611. The van der Waals surface area contributed by atoms with Gasteiger partial charge < -0.3 is 37.2 Å². The summed E-state index contributed by atoms with van der Waals surface area (Å²) in [6.45, 7) is -0.390. The Kier molecular flexibility index (Phi) is 7.02. The highest BCUT2D eigenvalue weighted by Crippen LogP contribution is 2.40. The summed E-state index contributed by atoms with van der Waals surface area (Å²) in [6.07, 6.45) is -0.656. The average Bonchev–Trinajstić information content (AvgIpc) is 3.57. The highest BCUT2D eigenvalue weighted by atomic mass is 32.2. The van der Waals surface area contributed by atoms with Crippen LogP contribution in [0.3, 0.4) is 0 Å². The number of β-lactam (4-membered cyclic amide) rings is 1. The van der Waals surface area contributed by atoms with Crippen LogP contribution in [0.25, 0.3) is 0 Å². The van der Waals surface area contributed by atoms with Crippen molar-refractivity contribution in [2.45, 2.75) is 30.4 Å². The summed E-state index contributed by atoms with van der Waals surface area (Å²) in [5.74, 6) is -3.66. The van der Waals surface area contributed by atoms with Crippen LogP contribution in [0.15, 0.2) is 21.8 Å². The predicted molar refractivity (Wildman–Crippen MR) is 125 cm³/mol. The lowest BCUT2D eigenvalue weighted by molar-refractivity contribution is -0.150. The number of oxime groups is 1. The lowest BCUT2D eigenvalue weighted by atomic mass is 10.0. The minimum Gasteiger partial charge on any atom is -0.477 e. The Morgan fingerprint density at radius 3 is 2.58 bits per heavy atom. The number of rotatable bonds is 10. The number of aliphatic carboxylic acids is 1. The number of carbonyl (C=O) groups excluding carboxylic acids is 4. The van der Waals surface area contributed by atoms with Gasteiger partial charge in [0.05, 0.1) is 0 Å². The smallest absolute Gasteiger partial charge is 0.404 e. The molecule has 1 saturated carbocycles. The monoisotopic (exact) mass is 539 g/mol. The predicted octanol–water partition coefficient (Wildman–Crippen LogP) is -1.46. The van der Waals surface area contributed by atoms with Gasteiger partial charge in [-0.05, 0) is 12.8 Å². The quantitative estimate of drug-likeness (QED) is 0.131. The molecule has 1 aromatic rings. The van der Waals surface area contributed by atoms with E-state index < -0.39 is 47.3 Å². The van der Waals surface area contributed by atoms with Crippen LogP contribution in [0, 0.1) is 5.92 Å². The van der Waals surface area contributed by atoms with Crippen molar-refractivity contribution >= 4 is 63.7 Å². The van der Waals surface area contributed by atoms with Crippen molar-refractivity contribution in [2.24, 2.45) is 22.5 Å². The zero-order valence-electron chi connectivity index (χ0n) is 18.4. The van der Waals surface area contributed by atoms with Crippen LogP contribution in [-0.2, 0) is 28.8 Å². The SMILES string of the molecule is NC(=O)OCC1=C(C(=O)O)N2C(=O)[C@@H](NC(=O)/C(=N\OC(C(N)=O)C3CC3)c3csc(N)n3)[C@H]2SC1. The molecule has 1 aliphatic carbocycles. The maximum absolute atomic E-state index is 13.1. The van der Waals surface area contributed by atoms with E-state index in [1.54, 1.807) is 0 Å². The van der Waals surface area contributed by atoms with Crippen molar-refractivity contribution < 1.29 is 38.7 Å². The van der Waals surface area contributed by atoms with Crippen LogP contribution in [0.2, 0.25) is 0 Å². The van der Waals surface area contributed by atoms with Crippen molar-refractivity contribution in [1.29, 1.82) is 0 Å². The van der Waals surface area contributed by atoms with Gasteiger partial charge >= 0.3 is 12.1 Å². The van der Waals surface area contributed by atoms with Gasteiger partial charge in [0, 0.05) is 22.6 Å². The molecule has 0 radical (unpaired) electrons. The molecule has 3 aliphatic rings. The first-order valence-electron chi connectivity index (χ1n) is 10.5. The van der Waals surface area contributed by atoms with E-state index >= 15 is 0 Å². The number of hydrogen-bond acceptors (Lipinski definition) is 12. The van der Waals surface area contributed by atoms with Crippen LogP contribution in [-0.4, -0.2) is 80.4 Å². The number of aromatic nitrogens is 1. The summed E-state index contributed by atoms with van der Waals surface area (Å²) in [7, 11) is 0. The number of nitrogens with two attached hydrogens (primary N) is 3. The van der Waals surface area contributed by atoms with Crippen LogP contribution in [0.4, 0.5) is 9.93 Å². The van der Waals surface area contributed by atoms with Crippen LogP contribution < -0.4 is 22.5 Å². The second-order valence-corrected chi connectivity index (χ2v) is 10.00. The van der Waals surface area contributed by atoms with E-state index in [2.05, 4.69) is 20.2 Å². The number of carboxylic acid groups (broad SMARTS) is 1. The number of hydrogen-bond donors (Lipinski definition) is 5. The molecule has 4 amide bonds. The molecule has 8 N–H and O–H groups in total. The number of thiazole rings is 1. The Labute approximate surface area is 211 Å². The number of thioether (sulfide) groups is 1. The fourth-order valence-corrected chi connectivity index (χ4v) is 5.52. The molecule has 2 fully saturated rings. The summed E-state index contributed by atoms with van der Waals surface area (Å²) in [6, 6.07) is -1.09. The summed E-state index contributed by atoms with van der Waals surface area (Å²) in [5, 5.41) is 16.8. The van der Waals surface area contributed by atoms with Crippen LogP contribution in [0.1, 0.15) is 18.5 Å². The Morgan fingerprint density at radius 2 is 2.03 bits per heavy atom. The third-order valence-electron chi connectivity index (χ3n) is 5.49. The van der Waals surface area contributed by atoms with E-state index in [4.69, 9.17) is 22.0 Å². The van der Waals surface area contributed by atoms with Gasteiger partial charge in [-0.25, -0.2) is 14.6 Å². The van der Waals surface area contributed by atoms with Gasteiger partial charge in [-0.3, -0.25) is 19.3 Å². The Hall–Kier alpha value is -3.86. The first-order chi connectivity index (χ1) is 17.1. The van der Waals surface area contributed by atoms with Crippen molar-refractivity contribution in [3.05, 3.63) is 22.3 Å². The van der Waals surface area contributed by atoms with Crippen molar-refractivity contribution in [3.63, 3.8) is 0 Å². The molecule has 192 valence electrons. The number of nitrogens with zero attached hydrogens (tertiary/aromatic N) is 3. The number of nitrogens with one attached hydrogen (secondary N) is 1. The normalized spacial score (nSPS) is 22.3. The van der Waals surface area contributed by atoms with Gasteiger partial charge in [-0.1, -0.05) is 5.16 Å². The van der Waals surface area contributed by atoms with E-state index in [-0.39, 0.29) is 46.1 Å². The number of amides is 4. The molecular weight excluding hydrogens is 518 g/mol. The molecule has 3 atom stereocenters. The molecule has 0 bridgehead atoms. The molecule has 1 unspecified atom stereocenters. The Bertz CT molecular complexity index is 1190. The van der Waals surface area contributed by atoms with E-state index in [0.717, 1.165) is 40.8 Å².